The van der Waals surface area contributed by atoms with Gasteiger partial charge in [-0.15, -0.1) is 0 Å². The lowest BCUT2D eigenvalue weighted by molar-refractivity contribution is 0.318. The van der Waals surface area contributed by atoms with Crippen LogP contribution in [0.4, 0.5) is 4.39 Å². The van der Waals surface area contributed by atoms with Gasteiger partial charge in [-0.2, -0.15) is 0 Å². The number of nitrogens with zero attached hydrogens (tertiary/aromatic N) is 2. The van der Waals surface area contributed by atoms with E-state index in [1.54, 1.807) is 13.0 Å². The van der Waals surface area contributed by atoms with Crippen LogP contribution in [0.2, 0.25) is 0 Å². The van der Waals surface area contributed by atoms with Gasteiger partial charge < -0.3 is 15.7 Å². The molecule has 2 rings (SSSR count). The Morgan fingerprint density at radius 2 is 2.15 bits per heavy atom. The minimum Gasteiger partial charge on any atom is -0.439 e. The molecule has 7 heteroatoms. The molecule has 1 heterocycles. The highest BCUT2D eigenvalue weighted by Gasteiger charge is 2.07. The number of pyridine rings is 1. The maximum atomic E-state index is 13.1. The van der Waals surface area contributed by atoms with Crippen molar-refractivity contribution < 1.29 is 14.3 Å². The number of aryl methyl sites for hydroxylation is 1. The molecule has 0 amide bonds. The van der Waals surface area contributed by atoms with Gasteiger partial charge in [-0.05, 0) is 47.1 Å². The highest BCUT2D eigenvalue weighted by Crippen LogP contribution is 2.26. The fraction of sp³-hybridized carbons (Fsp3) is 0.0769. The van der Waals surface area contributed by atoms with Gasteiger partial charge in [0.05, 0.1) is 4.47 Å². The number of ether oxygens (including phenoxy) is 1. The Bertz CT molecular complexity index is 677. The molecule has 0 fully saturated rings. The van der Waals surface area contributed by atoms with Crippen molar-refractivity contribution in [1.82, 2.24) is 4.98 Å². The topological polar surface area (TPSA) is 80.7 Å². The highest BCUT2D eigenvalue weighted by atomic mass is 79.9. The van der Waals surface area contributed by atoms with Crippen LogP contribution in [0, 0.1) is 12.7 Å². The standard InChI is InChI=1S/C13H11BrFN3O2/c1-7-4-8(13(16)18-19)5-12(17-7)20-9-2-3-11(15)10(14)6-9/h2-6,19H,1H3,(H2,16,18). The average Bonchev–Trinajstić information content (AvgIpc) is 2.41. The Morgan fingerprint density at radius 3 is 2.80 bits per heavy atom. The number of amidine groups is 1. The average molecular weight is 340 g/mol. The third-order valence-electron chi connectivity index (χ3n) is 2.45. The van der Waals surface area contributed by atoms with Gasteiger partial charge in [-0.25, -0.2) is 9.37 Å². The Kier molecular flexibility index (Phi) is 4.19. The third-order valence-corrected chi connectivity index (χ3v) is 3.05. The first kappa shape index (κ1) is 14.3. The van der Waals surface area contributed by atoms with Crippen molar-refractivity contribution >= 4 is 21.8 Å². The predicted octanol–water partition coefficient (Wildman–Crippen LogP) is 3.18. The Labute approximate surface area is 123 Å². The van der Waals surface area contributed by atoms with Crippen molar-refractivity contribution in [3.05, 3.63) is 51.9 Å². The van der Waals surface area contributed by atoms with E-state index in [1.807, 2.05) is 0 Å². The van der Waals surface area contributed by atoms with Gasteiger partial charge in [0.15, 0.2) is 5.84 Å². The first-order chi connectivity index (χ1) is 9.49. The lowest BCUT2D eigenvalue weighted by atomic mass is 10.2. The lowest BCUT2D eigenvalue weighted by Crippen LogP contribution is -2.13. The summed E-state index contributed by atoms with van der Waals surface area (Å²) in [6.07, 6.45) is 0. The number of halogens is 2. The van der Waals surface area contributed by atoms with Crippen LogP contribution in [0.25, 0.3) is 0 Å². The van der Waals surface area contributed by atoms with Crippen molar-refractivity contribution in [2.24, 2.45) is 10.9 Å². The van der Waals surface area contributed by atoms with E-state index in [1.165, 1.54) is 24.3 Å². The smallest absolute Gasteiger partial charge is 0.220 e. The lowest BCUT2D eigenvalue weighted by Gasteiger charge is -2.08. The molecule has 0 saturated carbocycles. The zero-order valence-corrected chi connectivity index (χ0v) is 12.1. The molecule has 0 spiro atoms. The van der Waals surface area contributed by atoms with Crippen LogP contribution in [-0.2, 0) is 0 Å². The Balaban J connectivity index is 2.33. The minimum atomic E-state index is -0.383. The number of hydrogen-bond acceptors (Lipinski definition) is 4. The second-order valence-corrected chi connectivity index (χ2v) is 4.85. The Hall–Kier alpha value is -2.15. The molecule has 0 aliphatic carbocycles. The number of hydrogen-bond donors (Lipinski definition) is 2. The normalized spacial score (nSPS) is 11.4. The molecular weight excluding hydrogens is 329 g/mol. The molecule has 104 valence electrons. The van der Waals surface area contributed by atoms with Gasteiger partial charge in [0.2, 0.25) is 5.88 Å². The first-order valence-electron chi connectivity index (χ1n) is 5.59. The van der Waals surface area contributed by atoms with Crippen molar-refractivity contribution in [2.45, 2.75) is 6.92 Å². The van der Waals surface area contributed by atoms with Gasteiger partial charge in [-0.3, -0.25) is 0 Å². The highest BCUT2D eigenvalue weighted by molar-refractivity contribution is 9.10. The number of oxime groups is 1. The fourth-order valence-electron chi connectivity index (χ4n) is 1.56. The van der Waals surface area contributed by atoms with Crippen LogP contribution in [0.15, 0.2) is 40.0 Å². The summed E-state index contributed by atoms with van der Waals surface area (Å²) in [7, 11) is 0. The fourth-order valence-corrected chi connectivity index (χ4v) is 1.91. The Morgan fingerprint density at radius 1 is 1.40 bits per heavy atom. The van der Waals surface area contributed by atoms with Crippen LogP contribution in [0.5, 0.6) is 11.6 Å². The number of rotatable bonds is 3. The van der Waals surface area contributed by atoms with E-state index in [0.717, 1.165) is 0 Å². The van der Waals surface area contributed by atoms with E-state index >= 15 is 0 Å². The maximum Gasteiger partial charge on any atom is 0.220 e. The molecule has 0 aliphatic rings. The van der Waals surface area contributed by atoms with Gasteiger partial charge >= 0.3 is 0 Å². The van der Waals surface area contributed by atoms with Crippen LogP contribution in [-0.4, -0.2) is 16.0 Å². The van der Waals surface area contributed by atoms with E-state index in [-0.39, 0.29) is 17.5 Å². The van der Waals surface area contributed by atoms with E-state index in [4.69, 9.17) is 15.7 Å². The van der Waals surface area contributed by atoms with Gasteiger partial charge in [0, 0.05) is 17.3 Å². The summed E-state index contributed by atoms with van der Waals surface area (Å²) in [6.45, 7) is 1.75. The van der Waals surface area contributed by atoms with E-state index < -0.39 is 0 Å². The van der Waals surface area contributed by atoms with Crippen LogP contribution in [0.3, 0.4) is 0 Å². The largest absolute Gasteiger partial charge is 0.439 e. The predicted molar refractivity (Wildman–Crippen MR) is 75.7 cm³/mol. The molecule has 0 saturated heterocycles. The van der Waals surface area contributed by atoms with E-state index in [0.29, 0.717) is 21.5 Å². The van der Waals surface area contributed by atoms with Crippen molar-refractivity contribution in [1.29, 1.82) is 0 Å². The molecule has 3 N–H and O–H groups in total. The van der Waals surface area contributed by atoms with Crippen molar-refractivity contribution in [2.75, 3.05) is 0 Å². The summed E-state index contributed by atoms with van der Waals surface area (Å²) in [5.74, 6) is 0.263. The third kappa shape index (κ3) is 3.24. The molecule has 0 unspecified atom stereocenters. The first-order valence-corrected chi connectivity index (χ1v) is 6.38. The molecule has 0 radical (unpaired) electrons. The molecule has 1 aromatic carbocycles. The molecule has 2 aromatic rings. The second-order valence-electron chi connectivity index (χ2n) is 4.00. The molecule has 0 aliphatic heterocycles. The SMILES string of the molecule is Cc1cc(/C(N)=N/O)cc(Oc2ccc(F)c(Br)c2)n1. The molecule has 20 heavy (non-hydrogen) atoms. The quantitative estimate of drug-likeness (QED) is 0.389. The van der Waals surface area contributed by atoms with Gasteiger partial charge in [0.25, 0.3) is 0 Å². The summed E-state index contributed by atoms with van der Waals surface area (Å²) in [4.78, 5) is 4.17. The molecular formula is C13H11BrFN3O2. The molecule has 5 nitrogen and oxygen atoms in total. The number of nitrogens with two attached hydrogens (primary N) is 1. The second kappa shape index (κ2) is 5.87. The van der Waals surface area contributed by atoms with Crippen LogP contribution < -0.4 is 10.5 Å². The summed E-state index contributed by atoms with van der Waals surface area (Å²) >= 11 is 3.08. The van der Waals surface area contributed by atoms with Gasteiger partial charge in [-0.1, -0.05) is 5.16 Å². The van der Waals surface area contributed by atoms with E-state index in [9.17, 15) is 4.39 Å². The molecule has 1 aromatic heterocycles. The zero-order valence-electron chi connectivity index (χ0n) is 10.5. The monoisotopic (exact) mass is 339 g/mol. The maximum absolute atomic E-state index is 13.1. The number of aromatic nitrogens is 1. The van der Waals surface area contributed by atoms with Crippen LogP contribution in [0.1, 0.15) is 11.3 Å². The van der Waals surface area contributed by atoms with E-state index in [2.05, 4.69) is 26.1 Å². The minimum absolute atomic E-state index is 0.0411. The zero-order chi connectivity index (χ0) is 14.7. The van der Waals surface area contributed by atoms with Crippen molar-refractivity contribution in [3.63, 3.8) is 0 Å². The summed E-state index contributed by atoms with van der Waals surface area (Å²) < 4.78 is 19.0. The molecule has 0 atom stereocenters. The van der Waals surface area contributed by atoms with Gasteiger partial charge in [0.1, 0.15) is 11.6 Å². The molecule has 0 bridgehead atoms. The number of benzene rings is 1. The summed E-state index contributed by atoms with van der Waals surface area (Å²) in [5, 5.41) is 11.6. The van der Waals surface area contributed by atoms with Crippen LogP contribution >= 0.6 is 15.9 Å². The summed E-state index contributed by atoms with van der Waals surface area (Å²) in [6, 6.07) is 7.43. The van der Waals surface area contributed by atoms with Crippen molar-refractivity contribution in [3.8, 4) is 11.6 Å². The summed E-state index contributed by atoms with van der Waals surface area (Å²) in [5.41, 5.74) is 6.66.